The van der Waals surface area contributed by atoms with E-state index in [1.165, 1.54) is 11.6 Å². The molecule has 0 aliphatic rings. The van der Waals surface area contributed by atoms with E-state index in [1.54, 1.807) is 6.07 Å². The molecule has 0 fully saturated rings. The number of nitrogens with one attached hydrogen (secondary N) is 2. The Labute approximate surface area is 170 Å². The zero-order valence-corrected chi connectivity index (χ0v) is 16.6. The fourth-order valence-electron chi connectivity index (χ4n) is 3.01. The Hall–Kier alpha value is -3.60. The lowest BCUT2D eigenvalue weighted by molar-refractivity contribution is -0.134. The third kappa shape index (κ3) is 4.51. The molecule has 160 valence electrons. The van der Waals surface area contributed by atoms with Gasteiger partial charge < -0.3 is 24.8 Å². The summed E-state index contributed by atoms with van der Waals surface area (Å²) in [6, 6.07) is 7.48. The van der Waals surface area contributed by atoms with Crippen LogP contribution in [0.1, 0.15) is 12.5 Å². The first-order valence-electron chi connectivity index (χ1n) is 9.35. The first-order chi connectivity index (χ1) is 14.3. The van der Waals surface area contributed by atoms with E-state index in [0.717, 1.165) is 16.6 Å². The first kappa shape index (κ1) is 21.1. The summed E-state index contributed by atoms with van der Waals surface area (Å²) in [5.41, 5.74) is -0.137. The van der Waals surface area contributed by atoms with Crippen LogP contribution in [-0.4, -0.2) is 54.5 Å². The van der Waals surface area contributed by atoms with Crippen LogP contribution >= 0.6 is 0 Å². The van der Waals surface area contributed by atoms with Gasteiger partial charge in [0.05, 0.1) is 6.54 Å². The summed E-state index contributed by atoms with van der Waals surface area (Å²) in [5.74, 6) is -0.476. The van der Waals surface area contributed by atoms with Crippen molar-refractivity contribution in [1.29, 1.82) is 0 Å². The van der Waals surface area contributed by atoms with Gasteiger partial charge in [-0.05, 0) is 24.1 Å². The molecule has 1 unspecified atom stereocenters. The molecule has 11 heteroatoms. The molecular weight excluding hydrogens is 394 g/mol. The maximum atomic E-state index is 12.4. The number of nitrogens with zero attached hydrogens (tertiary/aromatic N) is 3. The molecule has 3 aromatic rings. The van der Waals surface area contributed by atoms with E-state index < -0.39 is 29.9 Å². The van der Waals surface area contributed by atoms with Crippen LogP contribution < -0.4 is 21.3 Å². The Morgan fingerprint density at radius 2 is 2.13 bits per heavy atom. The average molecular weight is 417 g/mol. The van der Waals surface area contributed by atoms with Crippen LogP contribution in [0.15, 0.2) is 33.9 Å². The summed E-state index contributed by atoms with van der Waals surface area (Å²) >= 11 is 0. The van der Waals surface area contributed by atoms with Crippen molar-refractivity contribution in [2.45, 2.75) is 26.0 Å². The number of aliphatic hydroxyl groups excluding tert-OH is 1. The van der Waals surface area contributed by atoms with E-state index >= 15 is 0 Å². The van der Waals surface area contributed by atoms with Gasteiger partial charge in [0.2, 0.25) is 5.95 Å². The SMILES string of the molecule is CCc1cccc(OCC(O)Cn2c(NCC(=O)O)nc3c2c(=O)[nH]c(=O)n3C)c1. The molecule has 0 aliphatic carbocycles. The van der Waals surface area contributed by atoms with Crippen molar-refractivity contribution >= 4 is 23.1 Å². The van der Waals surface area contributed by atoms with E-state index in [-0.39, 0.29) is 30.3 Å². The highest BCUT2D eigenvalue weighted by molar-refractivity contribution is 5.76. The minimum absolute atomic E-state index is 0.0389. The standard InChI is InChI=1S/C19H23N5O6/c1-3-11-5-4-6-13(7-11)30-10-12(25)9-24-15-16(21-18(24)20-8-14(26)27)23(2)19(29)22-17(15)28/h4-7,12,25H,3,8-10H2,1-2H3,(H,20,21)(H,26,27)(H,22,28,29). The average Bonchev–Trinajstić information content (AvgIpc) is 3.08. The molecule has 0 bridgehead atoms. The molecule has 1 aromatic carbocycles. The smallest absolute Gasteiger partial charge is 0.329 e. The first-order valence-corrected chi connectivity index (χ1v) is 9.35. The van der Waals surface area contributed by atoms with Crippen molar-refractivity contribution in [3.05, 3.63) is 50.7 Å². The van der Waals surface area contributed by atoms with Crippen LogP contribution in [0.5, 0.6) is 5.75 Å². The molecule has 3 rings (SSSR count). The molecule has 11 nitrogen and oxygen atoms in total. The van der Waals surface area contributed by atoms with Crippen molar-refractivity contribution in [2.24, 2.45) is 7.05 Å². The third-order valence-corrected chi connectivity index (χ3v) is 4.55. The summed E-state index contributed by atoms with van der Waals surface area (Å²) in [7, 11) is 1.43. The van der Waals surface area contributed by atoms with E-state index in [9.17, 15) is 19.5 Å². The van der Waals surface area contributed by atoms with Crippen LogP contribution in [0.25, 0.3) is 11.2 Å². The minimum Gasteiger partial charge on any atom is -0.491 e. The predicted molar refractivity (Wildman–Crippen MR) is 109 cm³/mol. The molecule has 0 radical (unpaired) electrons. The number of aliphatic hydroxyl groups is 1. The number of hydrogen-bond donors (Lipinski definition) is 4. The Kier molecular flexibility index (Phi) is 6.21. The number of aromatic amines is 1. The number of carboxylic acid groups (broad SMARTS) is 1. The molecule has 0 spiro atoms. The lowest BCUT2D eigenvalue weighted by Gasteiger charge is -2.16. The topological polar surface area (TPSA) is 151 Å². The van der Waals surface area contributed by atoms with Gasteiger partial charge in [-0.15, -0.1) is 0 Å². The highest BCUT2D eigenvalue weighted by Crippen LogP contribution is 2.17. The number of aryl methyl sites for hydroxylation is 2. The maximum Gasteiger partial charge on any atom is 0.329 e. The summed E-state index contributed by atoms with van der Waals surface area (Å²) in [6.07, 6.45) is -0.185. The number of aromatic nitrogens is 4. The van der Waals surface area contributed by atoms with Crippen LogP contribution in [0, 0.1) is 0 Å². The van der Waals surface area contributed by atoms with Crippen molar-refractivity contribution in [1.82, 2.24) is 19.1 Å². The quantitative estimate of drug-likeness (QED) is 0.377. The van der Waals surface area contributed by atoms with E-state index in [1.807, 2.05) is 25.1 Å². The molecule has 0 aliphatic heterocycles. The summed E-state index contributed by atoms with van der Waals surface area (Å²) in [6.45, 7) is 1.41. The Bertz CT molecular complexity index is 1180. The molecule has 0 amide bonds. The molecule has 0 saturated heterocycles. The normalized spacial score (nSPS) is 12.1. The Morgan fingerprint density at radius 1 is 1.37 bits per heavy atom. The Balaban J connectivity index is 1.88. The molecule has 4 N–H and O–H groups in total. The van der Waals surface area contributed by atoms with E-state index in [4.69, 9.17) is 9.84 Å². The van der Waals surface area contributed by atoms with Gasteiger partial charge in [-0.1, -0.05) is 19.1 Å². The highest BCUT2D eigenvalue weighted by atomic mass is 16.5. The lowest BCUT2D eigenvalue weighted by atomic mass is 10.2. The van der Waals surface area contributed by atoms with Gasteiger partial charge in [0.15, 0.2) is 11.2 Å². The fourth-order valence-corrected chi connectivity index (χ4v) is 3.01. The van der Waals surface area contributed by atoms with Gasteiger partial charge in [-0.2, -0.15) is 4.98 Å². The number of carboxylic acids is 1. The number of hydrogen-bond acceptors (Lipinski definition) is 7. The van der Waals surface area contributed by atoms with Gasteiger partial charge >= 0.3 is 11.7 Å². The van der Waals surface area contributed by atoms with E-state index in [2.05, 4.69) is 15.3 Å². The van der Waals surface area contributed by atoms with Crippen molar-refractivity contribution in [3.8, 4) is 5.75 Å². The van der Waals surface area contributed by atoms with Gasteiger partial charge in [-0.3, -0.25) is 19.1 Å². The van der Waals surface area contributed by atoms with Crippen LogP contribution in [-0.2, 0) is 24.8 Å². The van der Waals surface area contributed by atoms with E-state index in [0.29, 0.717) is 5.75 Å². The molecule has 2 heterocycles. The number of rotatable bonds is 9. The predicted octanol–water partition coefficient (Wildman–Crippen LogP) is -0.0779. The highest BCUT2D eigenvalue weighted by Gasteiger charge is 2.20. The number of fused-ring (bicyclic) bond motifs is 1. The number of carbonyl (C=O) groups is 1. The molecular formula is C19H23N5O6. The summed E-state index contributed by atoms with van der Waals surface area (Å²) in [5, 5.41) is 22.0. The second-order valence-corrected chi connectivity index (χ2v) is 6.75. The van der Waals surface area contributed by atoms with Crippen LogP contribution in [0.4, 0.5) is 5.95 Å². The Morgan fingerprint density at radius 3 is 2.83 bits per heavy atom. The monoisotopic (exact) mass is 417 g/mol. The van der Waals surface area contributed by atoms with Crippen molar-refractivity contribution in [2.75, 3.05) is 18.5 Å². The van der Waals surface area contributed by atoms with Gasteiger partial charge in [0.25, 0.3) is 5.56 Å². The molecule has 1 atom stereocenters. The van der Waals surface area contributed by atoms with Gasteiger partial charge in [-0.25, -0.2) is 4.79 Å². The molecule has 0 saturated carbocycles. The van der Waals surface area contributed by atoms with Crippen LogP contribution in [0.3, 0.4) is 0 Å². The summed E-state index contributed by atoms with van der Waals surface area (Å²) < 4.78 is 8.12. The second kappa shape index (κ2) is 8.82. The minimum atomic E-state index is -1.13. The zero-order chi connectivity index (χ0) is 21.8. The zero-order valence-electron chi connectivity index (χ0n) is 16.6. The number of imidazole rings is 1. The maximum absolute atomic E-state index is 12.4. The molecule has 2 aromatic heterocycles. The second-order valence-electron chi connectivity index (χ2n) is 6.75. The van der Waals surface area contributed by atoms with Crippen molar-refractivity contribution in [3.63, 3.8) is 0 Å². The molecule has 30 heavy (non-hydrogen) atoms. The van der Waals surface area contributed by atoms with Crippen molar-refractivity contribution < 1.29 is 19.7 Å². The third-order valence-electron chi connectivity index (χ3n) is 4.55. The largest absolute Gasteiger partial charge is 0.491 e. The van der Waals surface area contributed by atoms with Gasteiger partial charge in [0.1, 0.15) is 25.0 Å². The fraction of sp³-hybridized carbons (Fsp3) is 0.368. The summed E-state index contributed by atoms with van der Waals surface area (Å²) in [4.78, 5) is 41.5. The van der Waals surface area contributed by atoms with Gasteiger partial charge in [0, 0.05) is 7.05 Å². The number of aliphatic carboxylic acids is 1. The number of benzene rings is 1. The number of anilines is 1. The number of ether oxygens (including phenoxy) is 1. The lowest BCUT2D eigenvalue weighted by Crippen LogP contribution is -2.31. The van der Waals surface area contributed by atoms with Crippen LogP contribution in [0.2, 0.25) is 0 Å². The number of H-pyrrole nitrogens is 1.